The third-order valence-corrected chi connectivity index (χ3v) is 4.50. The number of fused-ring (bicyclic) bond motifs is 1. The van der Waals surface area contributed by atoms with Crippen LogP contribution < -0.4 is 14.8 Å². The molecule has 2 aromatic carbocycles. The highest BCUT2D eigenvalue weighted by Gasteiger charge is 2.17. The van der Waals surface area contributed by atoms with Crippen molar-refractivity contribution in [1.82, 2.24) is 5.16 Å². The molecule has 1 aliphatic rings. The van der Waals surface area contributed by atoms with Crippen LogP contribution in [0, 0.1) is 0 Å². The number of nitrogens with zero attached hydrogens (tertiary/aromatic N) is 1. The van der Waals surface area contributed by atoms with Crippen LogP contribution >= 0.6 is 23.2 Å². The fourth-order valence-corrected chi connectivity index (χ4v) is 2.82. The van der Waals surface area contributed by atoms with Crippen molar-refractivity contribution in [2.75, 3.05) is 12.1 Å². The number of carbonyl (C=O) groups is 1. The van der Waals surface area contributed by atoms with Crippen LogP contribution in [0.2, 0.25) is 10.0 Å². The number of aromatic nitrogens is 1. The van der Waals surface area contributed by atoms with E-state index in [9.17, 15) is 4.79 Å². The maximum atomic E-state index is 12.2. The minimum absolute atomic E-state index is 0.0638. The predicted octanol–water partition coefficient (Wildman–Crippen LogP) is 4.56. The summed E-state index contributed by atoms with van der Waals surface area (Å²) in [5.41, 5.74) is 1.86. The van der Waals surface area contributed by atoms with Crippen molar-refractivity contribution in [3.63, 3.8) is 0 Å². The number of benzene rings is 2. The molecule has 0 aliphatic carbocycles. The second-order valence-corrected chi connectivity index (χ2v) is 6.42. The molecule has 6 nitrogen and oxygen atoms in total. The Bertz CT molecular complexity index is 987. The van der Waals surface area contributed by atoms with Crippen molar-refractivity contribution < 1.29 is 18.8 Å². The van der Waals surface area contributed by atoms with E-state index in [4.69, 9.17) is 37.2 Å². The van der Waals surface area contributed by atoms with E-state index in [1.54, 1.807) is 30.3 Å². The van der Waals surface area contributed by atoms with Gasteiger partial charge in [0.25, 0.3) is 0 Å². The molecular weight excluding hydrogens is 379 g/mol. The van der Waals surface area contributed by atoms with Crippen LogP contribution in [0.15, 0.2) is 47.0 Å². The Hall–Kier alpha value is -2.70. The molecule has 1 N–H and O–H groups in total. The van der Waals surface area contributed by atoms with Gasteiger partial charge in [-0.3, -0.25) is 4.79 Å². The molecule has 0 saturated heterocycles. The van der Waals surface area contributed by atoms with Crippen LogP contribution in [-0.2, 0) is 11.2 Å². The first-order valence-corrected chi connectivity index (χ1v) is 8.44. The largest absolute Gasteiger partial charge is 0.454 e. The minimum atomic E-state index is -0.242. The molecule has 1 aromatic heterocycles. The number of amides is 1. The number of carbonyl (C=O) groups excluding carboxylic acids is 1. The fraction of sp³-hybridized carbons (Fsp3) is 0.111. The summed E-state index contributed by atoms with van der Waals surface area (Å²) in [6, 6.07) is 12.0. The number of nitrogens with one attached hydrogen (secondary N) is 1. The van der Waals surface area contributed by atoms with Gasteiger partial charge in [-0.15, -0.1) is 0 Å². The van der Waals surface area contributed by atoms with E-state index in [1.807, 2.05) is 12.1 Å². The van der Waals surface area contributed by atoms with Crippen LogP contribution in [0.5, 0.6) is 11.5 Å². The van der Waals surface area contributed by atoms with Gasteiger partial charge in [0.2, 0.25) is 12.7 Å². The molecule has 0 fully saturated rings. The Morgan fingerprint density at radius 3 is 2.73 bits per heavy atom. The van der Waals surface area contributed by atoms with Crippen LogP contribution in [0.1, 0.15) is 5.69 Å². The highest BCUT2D eigenvalue weighted by Crippen LogP contribution is 2.36. The van der Waals surface area contributed by atoms with Crippen molar-refractivity contribution in [3.8, 4) is 22.8 Å². The lowest BCUT2D eigenvalue weighted by Crippen LogP contribution is -2.14. The quantitative estimate of drug-likeness (QED) is 0.706. The van der Waals surface area contributed by atoms with Crippen molar-refractivity contribution in [1.29, 1.82) is 0 Å². The maximum absolute atomic E-state index is 12.2. The number of hydrogen-bond acceptors (Lipinski definition) is 5. The Morgan fingerprint density at radius 2 is 1.88 bits per heavy atom. The van der Waals surface area contributed by atoms with Gasteiger partial charge in [0.05, 0.1) is 22.2 Å². The highest BCUT2D eigenvalue weighted by atomic mass is 35.5. The van der Waals surface area contributed by atoms with Gasteiger partial charge in [-0.25, -0.2) is 0 Å². The van der Waals surface area contributed by atoms with Gasteiger partial charge < -0.3 is 19.3 Å². The molecule has 0 spiro atoms. The van der Waals surface area contributed by atoms with Crippen LogP contribution in [0.4, 0.5) is 5.69 Å². The van der Waals surface area contributed by atoms with Gasteiger partial charge in [0, 0.05) is 17.3 Å². The standard InChI is InChI=1S/C18H12Cl2N2O4/c19-13-3-2-11(6-14(13)20)21-18(23)8-12-7-16(26-22-12)10-1-4-15-17(5-10)25-9-24-15/h1-7H,8-9H2,(H,21,23). The average molecular weight is 391 g/mol. The van der Waals surface area contributed by atoms with E-state index >= 15 is 0 Å². The smallest absolute Gasteiger partial charge is 0.231 e. The first-order chi connectivity index (χ1) is 12.6. The van der Waals surface area contributed by atoms with E-state index in [0.29, 0.717) is 38.7 Å². The van der Waals surface area contributed by atoms with Crippen molar-refractivity contribution in [2.24, 2.45) is 0 Å². The average Bonchev–Trinajstić information content (AvgIpc) is 3.26. The van der Waals surface area contributed by atoms with E-state index in [0.717, 1.165) is 5.56 Å². The molecular formula is C18H12Cl2N2O4. The van der Waals surface area contributed by atoms with Gasteiger partial charge in [0.15, 0.2) is 17.3 Å². The summed E-state index contributed by atoms with van der Waals surface area (Å²) < 4.78 is 16.0. The molecule has 0 atom stereocenters. The van der Waals surface area contributed by atoms with E-state index in [-0.39, 0.29) is 19.1 Å². The SMILES string of the molecule is O=C(Cc1cc(-c2ccc3c(c2)OCO3)on1)Nc1ccc(Cl)c(Cl)c1. The molecule has 26 heavy (non-hydrogen) atoms. The van der Waals surface area contributed by atoms with Gasteiger partial charge >= 0.3 is 0 Å². The van der Waals surface area contributed by atoms with Crippen LogP contribution in [0.25, 0.3) is 11.3 Å². The summed E-state index contributed by atoms with van der Waals surface area (Å²) in [5, 5.41) is 7.48. The van der Waals surface area contributed by atoms with Gasteiger partial charge in [-0.05, 0) is 36.4 Å². The van der Waals surface area contributed by atoms with E-state index in [1.165, 1.54) is 0 Å². The zero-order valence-corrected chi connectivity index (χ0v) is 14.8. The van der Waals surface area contributed by atoms with Crippen molar-refractivity contribution >= 4 is 34.8 Å². The number of halogens is 2. The van der Waals surface area contributed by atoms with Crippen LogP contribution in [0.3, 0.4) is 0 Å². The molecule has 4 rings (SSSR count). The number of hydrogen-bond donors (Lipinski definition) is 1. The normalized spacial score (nSPS) is 12.2. The highest BCUT2D eigenvalue weighted by molar-refractivity contribution is 6.42. The Kier molecular flexibility index (Phi) is 4.44. The molecule has 1 aliphatic heterocycles. The zero-order chi connectivity index (χ0) is 18.1. The number of anilines is 1. The maximum Gasteiger partial charge on any atom is 0.231 e. The Balaban J connectivity index is 1.44. The third-order valence-electron chi connectivity index (χ3n) is 3.76. The lowest BCUT2D eigenvalue weighted by atomic mass is 10.1. The topological polar surface area (TPSA) is 73.6 Å². The molecule has 8 heteroatoms. The molecule has 1 amide bonds. The zero-order valence-electron chi connectivity index (χ0n) is 13.3. The summed E-state index contributed by atoms with van der Waals surface area (Å²) in [5.74, 6) is 1.64. The molecule has 0 radical (unpaired) electrons. The molecule has 132 valence electrons. The summed E-state index contributed by atoms with van der Waals surface area (Å²) >= 11 is 11.8. The van der Waals surface area contributed by atoms with Crippen molar-refractivity contribution in [2.45, 2.75) is 6.42 Å². The first-order valence-electron chi connectivity index (χ1n) is 7.69. The van der Waals surface area contributed by atoms with Gasteiger partial charge in [-0.1, -0.05) is 28.4 Å². The monoisotopic (exact) mass is 390 g/mol. The molecule has 2 heterocycles. The summed E-state index contributed by atoms with van der Waals surface area (Å²) in [7, 11) is 0. The second kappa shape index (κ2) is 6.90. The van der Waals surface area contributed by atoms with E-state index < -0.39 is 0 Å². The lowest BCUT2D eigenvalue weighted by molar-refractivity contribution is -0.115. The lowest BCUT2D eigenvalue weighted by Gasteiger charge is -2.05. The Morgan fingerprint density at radius 1 is 1.04 bits per heavy atom. The molecule has 0 bridgehead atoms. The first kappa shape index (κ1) is 16.8. The third kappa shape index (κ3) is 3.47. The minimum Gasteiger partial charge on any atom is -0.454 e. The number of ether oxygens (including phenoxy) is 2. The molecule has 0 unspecified atom stereocenters. The predicted molar refractivity (Wildman–Crippen MR) is 96.9 cm³/mol. The van der Waals surface area contributed by atoms with E-state index in [2.05, 4.69) is 10.5 Å². The molecule has 0 saturated carbocycles. The van der Waals surface area contributed by atoms with Gasteiger partial charge in [-0.2, -0.15) is 0 Å². The number of rotatable bonds is 4. The van der Waals surface area contributed by atoms with Gasteiger partial charge in [0.1, 0.15) is 0 Å². The second-order valence-electron chi connectivity index (χ2n) is 5.60. The van der Waals surface area contributed by atoms with Crippen LogP contribution in [-0.4, -0.2) is 17.9 Å². The van der Waals surface area contributed by atoms with Crippen molar-refractivity contribution in [3.05, 3.63) is 58.2 Å². The molecule has 3 aromatic rings. The fourth-order valence-electron chi connectivity index (χ4n) is 2.52. The summed E-state index contributed by atoms with van der Waals surface area (Å²) in [4.78, 5) is 12.2. The Labute approximate surface area is 158 Å². The summed E-state index contributed by atoms with van der Waals surface area (Å²) in [6.45, 7) is 0.204. The summed E-state index contributed by atoms with van der Waals surface area (Å²) in [6.07, 6.45) is 0.0638.